The maximum atomic E-state index is 13.9. The molecule has 1 amide bonds. The van der Waals surface area contributed by atoms with Crippen molar-refractivity contribution < 1.29 is 9.18 Å². The van der Waals surface area contributed by atoms with Crippen molar-refractivity contribution in [2.45, 2.75) is 20.3 Å². The van der Waals surface area contributed by atoms with Crippen molar-refractivity contribution >= 4 is 33.7 Å². The van der Waals surface area contributed by atoms with Crippen LogP contribution in [0.5, 0.6) is 0 Å². The Kier molecular flexibility index (Phi) is 5.88. The van der Waals surface area contributed by atoms with Gasteiger partial charge in [0, 0.05) is 35.5 Å². The molecule has 0 bridgehead atoms. The standard InChI is InChI=1S/C29H24FN7O/c1-16(2)9-25(38)33-21-11-18(13-31-15-21)19-12-23-27(36-37-28(23)32-14-19)29-34-24-8-4-7-22(26(24)35-29)17-5-3-6-20(30)10-17/h3-8,10-16H,9H2,1-2H3,(H,33,38)(H,34,35)(H,32,36,37). The first-order valence-electron chi connectivity index (χ1n) is 12.3. The summed E-state index contributed by atoms with van der Waals surface area (Å²) in [5.74, 6) is 0.511. The number of benzene rings is 2. The van der Waals surface area contributed by atoms with E-state index in [-0.39, 0.29) is 17.6 Å². The number of carbonyl (C=O) groups is 1. The number of fused-ring (bicyclic) bond motifs is 2. The first kappa shape index (κ1) is 23.5. The maximum Gasteiger partial charge on any atom is 0.224 e. The van der Waals surface area contributed by atoms with Gasteiger partial charge >= 0.3 is 0 Å². The smallest absolute Gasteiger partial charge is 0.224 e. The average molecular weight is 506 g/mol. The Morgan fingerprint density at radius 1 is 1.00 bits per heavy atom. The number of H-pyrrole nitrogens is 2. The number of hydrogen-bond acceptors (Lipinski definition) is 5. The molecule has 8 nitrogen and oxygen atoms in total. The fourth-order valence-electron chi connectivity index (χ4n) is 4.53. The van der Waals surface area contributed by atoms with E-state index >= 15 is 0 Å². The summed E-state index contributed by atoms with van der Waals surface area (Å²) >= 11 is 0. The molecule has 0 aliphatic heterocycles. The quantitative estimate of drug-likeness (QED) is 0.244. The van der Waals surface area contributed by atoms with E-state index in [1.807, 2.05) is 50.2 Å². The minimum Gasteiger partial charge on any atom is -0.337 e. The van der Waals surface area contributed by atoms with Gasteiger partial charge in [-0.3, -0.25) is 14.9 Å². The molecule has 4 aromatic heterocycles. The van der Waals surface area contributed by atoms with Crippen LogP contribution in [0.1, 0.15) is 20.3 Å². The molecule has 0 fully saturated rings. The van der Waals surface area contributed by atoms with Gasteiger partial charge in [-0.05, 0) is 41.8 Å². The fourth-order valence-corrected chi connectivity index (χ4v) is 4.53. The lowest BCUT2D eigenvalue weighted by Crippen LogP contribution is -2.13. The summed E-state index contributed by atoms with van der Waals surface area (Å²) in [4.78, 5) is 29.3. The summed E-state index contributed by atoms with van der Waals surface area (Å²) in [6.45, 7) is 4.00. The third-order valence-electron chi connectivity index (χ3n) is 6.24. The number of carbonyl (C=O) groups excluding carboxylic acids is 1. The molecule has 3 N–H and O–H groups in total. The molecule has 0 spiro atoms. The molecular weight excluding hydrogens is 481 g/mol. The van der Waals surface area contributed by atoms with E-state index in [0.29, 0.717) is 29.3 Å². The minimum absolute atomic E-state index is 0.0489. The lowest BCUT2D eigenvalue weighted by atomic mass is 10.0. The van der Waals surface area contributed by atoms with Crippen LogP contribution < -0.4 is 5.32 Å². The third-order valence-corrected chi connectivity index (χ3v) is 6.24. The number of amides is 1. The van der Waals surface area contributed by atoms with Crippen LogP contribution in [0.2, 0.25) is 0 Å². The van der Waals surface area contributed by atoms with E-state index < -0.39 is 0 Å². The van der Waals surface area contributed by atoms with Crippen molar-refractivity contribution in [2.75, 3.05) is 5.32 Å². The molecule has 0 radical (unpaired) electrons. The van der Waals surface area contributed by atoms with Crippen molar-refractivity contribution in [3.05, 3.63) is 79.0 Å². The van der Waals surface area contributed by atoms with Gasteiger partial charge in [0.15, 0.2) is 11.5 Å². The molecule has 0 saturated heterocycles. The molecule has 188 valence electrons. The fraction of sp³-hybridized carbons (Fsp3) is 0.138. The number of imidazole rings is 1. The number of nitrogens with one attached hydrogen (secondary N) is 3. The first-order valence-corrected chi connectivity index (χ1v) is 12.3. The molecule has 6 aromatic rings. The monoisotopic (exact) mass is 505 g/mol. The lowest BCUT2D eigenvalue weighted by molar-refractivity contribution is -0.116. The van der Waals surface area contributed by atoms with Gasteiger partial charge in [-0.25, -0.2) is 14.4 Å². The van der Waals surface area contributed by atoms with Gasteiger partial charge in [0.2, 0.25) is 5.91 Å². The van der Waals surface area contributed by atoms with E-state index in [1.54, 1.807) is 24.7 Å². The molecule has 6 rings (SSSR count). The zero-order valence-corrected chi connectivity index (χ0v) is 20.8. The normalized spacial score (nSPS) is 11.5. The summed E-state index contributed by atoms with van der Waals surface area (Å²) in [6.07, 6.45) is 5.52. The second-order valence-corrected chi connectivity index (χ2v) is 9.60. The molecule has 2 aromatic carbocycles. The molecule has 0 unspecified atom stereocenters. The van der Waals surface area contributed by atoms with Gasteiger partial charge in [-0.1, -0.05) is 38.1 Å². The molecule has 4 heterocycles. The van der Waals surface area contributed by atoms with Crippen molar-refractivity contribution in [1.29, 1.82) is 0 Å². The lowest BCUT2D eigenvalue weighted by Gasteiger charge is -2.08. The van der Waals surface area contributed by atoms with E-state index in [4.69, 9.17) is 4.98 Å². The highest BCUT2D eigenvalue weighted by atomic mass is 19.1. The third kappa shape index (κ3) is 4.50. The van der Waals surface area contributed by atoms with Crippen LogP contribution in [0, 0.1) is 11.7 Å². The summed E-state index contributed by atoms with van der Waals surface area (Å²) in [6, 6.07) is 16.1. The van der Waals surface area contributed by atoms with E-state index in [9.17, 15) is 9.18 Å². The van der Waals surface area contributed by atoms with Crippen LogP contribution in [0.4, 0.5) is 10.1 Å². The number of halogens is 1. The van der Waals surface area contributed by atoms with Crippen molar-refractivity contribution in [2.24, 2.45) is 5.92 Å². The average Bonchev–Trinajstić information content (AvgIpc) is 3.52. The van der Waals surface area contributed by atoms with Gasteiger partial charge < -0.3 is 10.3 Å². The number of nitrogens with zero attached hydrogens (tertiary/aromatic N) is 4. The molecule has 9 heteroatoms. The molecule has 0 atom stereocenters. The molecule has 0 aliphatic rings. The Morgan fingerprint density at radius 3 is 2.68 bits per heavy atom. The number of hydrogen-bond donors (Lipinski definition) is 3. The number of aromatic nitrogens is 6. The van der Waals surface area contributed by atoms with Crippen molar-refractivity contribution in [3.8, 4) is 33.8 Å². The van der Waals surface area contributed by atoms with E-state index in [2.05, 4.69) is 30.5 Å². The number of pyridine rings is 2. The number of aromatic amines is 2. The first-order chi connectivity index (χ1) is 18.4. The van der Waals surface area contributed by atoms with Gasteiger partial charge in [0.25, 0.3) is 0 Å². The zero-order chi connectivity index (χ0) is 26.2. The minimum atomic E-state index is -0.300. The van der Waals surface area contributed by atoms with Gasteiger partial charge in [-0.2, -0.15) is 5.10 Å². The summed E-state index contributed by atoms with van der Waals surface area (Å²) < 4.78 is 13.9. The Labute approximate surface area is 217 Å². The SMILES string of the molecule is CC(C)CC(=O)Nc1cncc(-c2cnc3n[nH]c(-c4nc5c(-c6cccc(F)c6)cccc5[nH]4)c3c2)c1. The van der Waals surface area contributed by atoms with Gasteiger partial charge in [-0.15, -0.1) is 0 Å². The van der Waals surface area contributed by atoms with Crippen molar-refractivity contribution in [3.63, 3.8) is 0 Å². The highest BCUT2D eigenvalue weighted by molar-refractivity contribution is 5.97. The summed E-state index contributed by atoms with van der Waals surface area (Å²) in [5, 5.41) is 11.1. The van der Waals surface area contributed by atoms with Crippen LogP contribution in [0.25, 0.3) is 55.8 Å². The van der Waals surface area contributed by atoms with Gasteiger partial charge in [0.1, 0.15) is 11.5 Å². The highest BCUT2D eigenvalue weighted by Crippen LogP contribution is 2.33. The topological polar surface area (TPSA) is 112 Å². The molecule has 38 heavy (non-hydrogen) atoms. The Bertz CT molecular complexity index is 1800. The van der Waals surface area contributed by atoms with E-state index in [1.165, 1.54) is 12.1 Å². The predicted octanol–water partition coefficient (Wildman–Crippen LogP) is 6.35. The van der Waals surface area contributed by atoms with Crippen LogP contribution in [0.15, 0.2) is 73.2 Å². The largest absolute Gasteiger partial charge is 0.337 e. The molecule has 0 saturated carbocycles. The van der Waals surface area contributed by atoms with Crippen LogP contribution in [-0.4, -0.2) is 36.0 Å². The number of anilines is 1. The number of para-hydroxylation sites is 1. The zero-order valence-electron chi connectivity index (χ0n) is 20.8. The second-order valence-electron chi connectivity index (χ2n) is 9.60. The van der Waals surface area contributed by atoms with Crippen LogP contribution in [0.3, 0.4) is 0 Å². The number of rotatable bonds is 6. The highest BCUT2D eigenvalue weighted by Gasteiger charge is 2.16. The second kappa shape index (κ2) is 9.51. The van der Waals surface area contributed by atoms with Crippen LogP contribution >= 0.6 is 0 Å². The Balaban J connectivity index is 1.38. The van der Waals surface area contributed by atoms with Crippen LogP contribution in [-0.2, 0) is 4.79 Å². The summed E-state index contributed by atoms with van der Waals surface area (Å²) in [5.41, 5.74) is 6.62. The Hall–Kier alpha value is -4.92. The molecular formula is C29H24FN7O. The Morgan fingerprint density at radius 2 is 1.84 bits per heavy atom. The predicted molar refractivity (Wildman–Crippen MR) is 146 cm³/mol. The maximum absolute atomic E-state index is 13.9. The summed E-state index contributed by atoms with van der Waals surface area (Å²) in [7, 11) is 0. The van der Waals surface area contributed by atoms with Gasteiger partial charge in [0.05, 0.1) is 28.3 Å². The molecule has 0 aliphatic carbocycles. The van der Waals surface area contributed by atoms with E-state index in [0.717, 1.165) is 38.7 Å². The van der Waals surface area contributed by atoms with Crippen molar-refractivity contribution in [1.82, 2.24) is 30.1 Å².